The van der Waals surface area contributed by atoms with Crippen LogP contribution in [0.5, 0.6) is 5.75 Å². The van der Waals surface area contributed by atoms with Gasteiger partial charge in [0, 0.05) is 41.0 Å². The molecule has 0 fully saturated rings. The van der Waals surface area contributed by atoms with Gasteiger partial charge in [-0.2, -0.15) is 0 Å². The zero-order valence-electron chi connectivity index (χ0n) is 22.6. The number of aromatic amines is 1. The zero-order valence-corrected chi connectivity index (χ0v) is 24.1. The predicted molar refractivity (Wildman–Crippen MR) is 159 cm³/mol. The molecule has 0 saturated heterocycles. The van der Waals surface area contributed by atoms with Crippen LogP contribution in [0.2, 0.25) is 10.2 Å². The SMILES string of the molecule is CCNC(=O)COc1ccc(Cl)cc1CNC(=O)Cc1c(C)ccn(NCc2[nH]c(-c3ccccc3)nc2Cl)c1=O. The third-order valence-corrected chi connectivity index (χ3v) is 6.74. The van der Waals surface area contributed by atoms with Crippen LogP contribution in [-0.2, 0) is 29.1 Å². The normalized spacial score (nSPS) is 10.7. The zero-order chi connectivity index (χ0) is 29.4. The number of rotatable bonds is 12. The summed E-state index contributed by atoms with van der Waals surface area (Å²) < 4.78 is 6.93. The van der Waals surface area contributed by atoms with E-state index in [0.29, 0.717) is 50.7 Å². The van der Waals surface area contributed by atoms with Gasteiger partial charge in [-0.1, -0.05) is 53.5 Å². The highest BCUT2D eigenvalue weighted by Gasteiger charge is 2.15. The Bertz CT molecular complexity index is 1590. The van der Waals surface area contributed by atoms with Crippen molar-refractivity contribution < 1.29 is 14.3 Å². The summed E-state index contributed by atoms with van der Waals surface area (Å²) in [5, 5.41) is 6.22. The van der Waals surface area contributed by atoms with E-state index in [2.05, 4.69) is 26.0 Å². The fraction of sp³-hybridized carbons (Fsp3) is 0.241. The summed E-state index contributed by atoms with van der Waals surface area (Å²) in [6, 6.07) is 16.3. The van der Waals surface area contributed by atoms with Gasteiger partial charge in [-0.05, 0) is 43.7 Å². The van der Waals surface area contributed by atoms with Crippen LogP contribution in [0.25, 0.3) is 11.4 Å². The van der Waals surface area contributed by atoms with Crippen LogP contribution in [0.1, 0.15) is 29.3 Å². The van der Waals surface area contributed by atoms with Crippen LogP contribution < -0.4 is 26.4 Å². The van der Waals surface area contributed by atoms with Crippen molar-refractivity contribution in [3.05, 3.63) is 104 Å². The first-order valence-electron chi connectivity index (χ1n) is 12.9. The number of nitrogens with one attached hydrogen (secondary N) is 4. The number of hydrogen-bond acceptors (Lipinski definition) is 6. The Kier molecular flexibility index (Phi) is 10.0. The van der Waals surface area contributed by atoms with Gasteiger partial charge in [0.2, 0.25) is 5.91 Å². The fourth-order valence-electron chi connectivity index (χ4n) is 4.05. The highest BCUT2D eigenvalue weighted by molar-refractivity contribution is 6.30. The topological polar surface area (TPSA) is 130 Å². The van der Waals surface area contributed by atoms with E-state index in [1.165, 1.54) is 4.68 Å². The van der Waals surface area contributed by atoms with Crippen LogP contribution in [0.4, 0.5) is 0 Å². The molecule has 0 saturated carbocycles. The summed E-state index contributed by atoms with van der Waals surface area (Å²) in [6.45, 7) is 4.23. The van der Waals surface area contributed by atoms with Crippen molar-refractivity contribution in [2.75, 3.05) is 18.6 Å². The number of carbonyl (C=O) groups excluding carboxylic acids is 2. The standard InChI is InChI=1S/C29H30Cl2N6O4/c1-3-32-26(39)17-41-24-10-9-21(30)13-20(24)15-33-25(38)14-22-18(2)11-12-37(29(22)40)34-16-23-27(31)36-28(35-23)19-7-5-4-6-8-19/h4-13,34H,3,14-17H2,1-2H3,(H,32,39)(H,33,38)(H,35,36). The number of carbonyl (C=O) groups is 2. The van der Waals surface area contributed by atoms with Crippen LogP contribution in [0, 0.1) is 6.92 Å². The number of amides is 2. The molecule has 0 unspecified atom stereocenters. The second-order valence-corrected chi connectivity index (χ2v) is 9.95. The first kappa shape index (κ1) is 29.7. The van der Waals surface area contributed by atoms with Gasteiger partial charge in [0.15, 0.2) is 11.8 Å². The maximum absolute atomic E-state index is 13.2. The number of nitrogens with zero attached hydrogens (tertiary/aromatic N) is 2. The molecule has 0 bridgehead atoms. The number of hydrogen-bond donors (Lipinski definition) is 4. The molecular formula is C29H30Cl2N6O4. The first-order valence-corrected chi connectivity index (χ1v) is 13.7. The van der Waals surface area contributed by atoms with Crippen molar-refractivity contribution in [3.8, 4) is 17.1 Å². The monoisotopic (exact) mass is 596 g/mol. The van der Waals surface area contributed by atoms with Gasteiger partial charge in [-0.3, -0.25) is 14.4 Å². The maximum atomic E-state index is 13.2. The van der Waals surface area contributed by atoms with E-state index in [0.717, 1.165) is 5.56 Å². The molecule has 0 radical (unpaired) electrons. The van der Waals surface area contributed by atoms with Crippen LogP contribution in [0.15, 0.2) is 65.6 Å². The largest absolute Gasteiger partial charge is 0.483 e. The molecule has 4 rings (SSSR count). The van der Waals surface area contributed by atoms with E-state index in [9.17, 15) is 14.4 Å². The molecule has 0 aliphatic rings. The minimum absolute atomic E-state index is 0.102. The number of aromatic nitrogens is 3. The van der Waals surface area contributed by atoms with Crippen molar-refractivity contribution in [1.29, 1.82) is 0 Å². The summed E-state index contributed by atoms with van der Waals surface area (Å²) >= 11 is 12.5. The third-order valence-electron chi connectivity index (χ3n) is 6.20. The van der Waals surface area contributed by atoms with Crippen molar-refractivity contribution in [2.45, 2.75) is 33.4 Å². The van der Waals surface area contributed by atoms with Gasteiger partial charge in [0.25, 0.3) is 11.5 Å². The molecule has 2 amide bonds. The number of H-pyrrole nitrogens is 1. The van der Waals surface area contributed by atoms with Crippen molar-refractivity contribution in [1.82, 2.24) is 25.3 Å². The van der Waals surface area contributed by atoms with E-state index >= 15 is 0 Å². The number of benzene rings is 2. The summed E-state index contributed by atoms with van der Waals surface area (Å²) in [7, 11) is 0. The second kappa shape index (κ2) is 13.9. The molecule has 41 heavy (non-hydrogen) atoms. The Balaban J connectivity index is 1.40. The molecule has 0 aliphatic carbocycles. The molecule has 10 nitrogen and oxygen atoms in total. The second-order valence-electron chi connectivity index (χ2n) is 9.16. The Morgan fingerprint density at radius 3 is 2.56 bits per heavy atom. The molecule has 4 N–H and O–H groups in total. The molecule has 0 aliphatic heterocycles. The number of halogens is 2. The Hall–Kier alpha value is -4.28. The van der Waals surface area contributed by atoms with Gasteiger partial charge in [-0.25, -0.2) is 9.66 Å². The average molecular weight is 598 g/mol. The molecule has 4 aromatic rings. The van der Waals surface area contributed by atoms with Crippen LogP contribution >= 0.6 is 23.2 Å². The van der Waals surface area contributed by atoms with E-state index in [1.54, 1.807) is 37.4 Å². The molecular weight excluding hydrogens is 567 g/mol. The van der Waals surface area contributed by atoms with Crippen molar-refractivity contribution >= 4 is 35.0 Å². The number of aryl methyl sites for hydroxylation is 1. The minimum atomic E-state index is -0.360. The lowest BCUT2D eigenvalue weighted by molar-refractivity contribution is -0.123. The van der Waals surface area contributed by atoms with Crippen molar-refractivity contribution in [3.63, 3.8) is 0 Å². The Labute approximate surface area is 247 Å². The number of imidazole rings is 1. The van der Waals surface area contributed by atoms with E-state index in [-0.39, 0.29) is 43.5 Å². The van der Waals surface area contributed by atoms with Crippen LogP contribution in [-0.4, -0.2) is 39.6 Å². The summed E-state index contributed by atoms with van der Waals surface area (Å²) in [6.07, 6.45) is 1.47. The highest BCUT2D eigenvalue weighted by Crippen LogP contribution is 2.23. The third kappa shape index (κ3) is 7.90. The van der Waals surface area contributed by atoms with Gasteiger partial charge >= 0.3 is 0 Å². The van der Waals surface area contributed by atoms with E-state index in [1.807, 2.05) is 37.3 Å². The predicted octanol–water partition coefficient (Wildman–Crippen LogP) is 3.97. The molecule has 2 heterocycles. The maximum Gasteiger partial charge on any atom is 0.272 e. The molecule has 0 spiro atoms. The van der Waals surface area contributed by atoms with Gasteiger partial charge in [0.05, 0.1) is 18.7 Å². The number of pyridine rings is 1. The Morgan fingerprint density at radius 1 is 1.02 bits per heavy atom. The van der Waals surface area contributed by atoms with E-state index < -0.39 is 0 Å². The van der Waals surface area contributed by atoms with Crippen LogP contribution in [0.3, 0.4) is 0 Å². The first-order chi connectivity index (χ1) is 19.7. The molecule has 2 aromatic heterocycles. The van der Waals surface area contributed by atoms with E-state index in [4.69, 9.17) is 27.9 Å². The average Bonchev–Trinajstić information content (AvgIpc) is 3.34. The lowest BCUT2D eigenvalue weighted by Gasteiger charge is -2.14. The molecule has 2 aromatic carbocycles. The summed E-state index contributed by atoms with van der Waals surface area (Å²) in [5.74, 6) is 0.435. The highest BCUT2D eigenvalue weighted by atomic mass is 35.5. The van der Waals surface area contributed by atoms with Crippen molar-refractivity contribution in [2.24, 2.45) is 0 Å². The fourth-order valence-corrected chi connectivity index (χ4v) is 4.44. The van der Waals surface area contributed by atoms with Gasteiger partial charge in [-0.15, -0.1) is 0 Å². The quantitative estimate of drug-likeness (QED) is 0.196. The molecule has 214 valence electrons. The number of likely N-dealkylation sites (N-methyl/N-ethyl adjacent to an activating group) is 1. The smallest absolute Gasteiger partial charge is 0.272 e. The summed E-state index contributed by atoms with van der Waals surface area (Å²) in [4.78, 5) is 45.4. The van der Waals surface area contributed by atoms with Gasteiger partial charge in [0.1, 0.15) is 11.6 Å². The minimum Gasteiger partial charge on any atom is -0.483 e. The molecule has 12 heteroatoms. The summed E-state index contributed by atoms with van der Waals surface area (Å²) in [5.41, 5.74) is 5.81. The number of ether oxygens (including phenoxy) is 1. The Morgan fingerprint density at radius 2 is 1.80 bits per heavy atom. The molecule has 0 atom stereocenters. The lowest BCUT2D eigenvalue weighted by atomic mass is 10.1. The lowest BCUT2D eigenvalue weighted by Crippen LogP contribution is -2.34. The van der Waals surface area contributed by atoms with Gasteiger partial charge < -0.3 is 25.8 Å².